The van der Waals surface area contributed by atoms with Crippen molar-refractivity contribution in [1.82, 2.24) is 0 Å². The number of rotatable bonds is 10. The number of benzene rings is 5. The molecule has 5 aromatic rings. The SMILES string of the molecule is CCCc1cc(Cc2ccc(Cc3ccc(Cc4ccc(N)cc4)cc3)c(C)c2)ccc1Cc1ccc(N)cc1. The summed E-state index contributed by atoms with van der Waals surface area (Å²) in [4.78, 5) is 0. The van der Waals surface area contributed by atoms with Crippen LogP contribution in [0.25, 0.3) is 0 Å². The van der Waals surface area contributed by atoms with E-state index in [1.54, 1.807) is 0 Å². The molecule has 0 radical (unpaired) electrons. The van der Waals surface area contributed by atoms with E-state index >= 15 is 0 Å². The smallest absolute Gasteiger partial charge is 0.0314 e. The van der Waals surface area contributed by atoms with Crippen molar-refractivity contribution in [2.75, 3.05) is 11.5 Å². The molecule has 4 N–H and O–H groups in total. The van der Waals surface area contributed by atoms with Crippen LogP contribution >= 0.6 is 0 Å². The Morgan fingerprint density at radius 1 is 0.425 bits per heavy atom. The second kappa shape index (κ2) is 12.7. The zero-order chi connectivity index (χ0) is 27.9. The monoisotopic (exact) mass is 524 g/mol. The molecule has 5 aromatic carbocycles. The Hall–Kier alpha value is -4.30. The third-order valence-electron chi connectivity index (χ3n) is 7.79. The molecule has 0 saturated heterocycles. The first-order valence-electron chi connectivity index (χ1n) is 14.4. The van der Waals surface area contributed by atoms with Crippen LogP contribution in [0.4, 0.5) is 11.4 Å². The highest BCUT2D eigenvalue weighted by Crippen LogP contribution is 2.23. The number of hydrogen-bond donors (Lipinski definition) is 2. The quantitative estimate of drug-likeness (QED) is 0.180. The molecule has 0 bridgehead atoms. The van der Waals surface area contributed by atoms with Gasteiger partial charge in [0, 0.05) is 11.4 Å². The fourth-order valence-electron chi connectivity index (χ4n) is 5.49. The molecule has 0 aliphatic rings. The topological polar surface area (TPSA) is 52.0 Å². The summed E-state index contributed by atoms with van der Waals surface area (Å²) in [7, 11) is 0. The molecule has 0 aliphatic heterocycles. The summed E-state index contributed by atoms with van der Waals surface area (Å²) in [5.41, 5.74) is 27.0. The Bertz CT molecular complexity index is 1550. The Balaban J connectivity index is 1.24. The summed E-state index contributed by atoms with van der Waals surface area (Å²) in [6.07, 6.45) is 6.04. The first-order chi connectivity index (χ1) is 19.4. The number of nitrogen functional groups attached to an aromatic ring is 2. The first kappa shape index (κ1) is 27.3. The van der Waals surface area contributed by atoms with E-state index < -0.39 is 0 Å². The predicted octanol–water partition coefficient (Wildman–Crippen LogP) is 8.48. The molecule has 0 fully saturated rings. The van der Waals surface area contributed by atoms with Gasteiger partial charge in [-0.05, 0) is 119 Å². The van der Waals surface area contributed by atoms with E-state index in [0.717, 1.165) is 49.9 Å². The standard InChI is InChI=1S/C38H40N2/c1-3-4-35-26-33(10-16-36(35)25-31-13-19-38(40)20-14-31)23-32-9-15-34(27(2)21-32)24-30-7-5-28(6-8-30)22-29-11-17-37(39)18-12-29/h5-21,26H,3-4,22-25,39-40H2,1-2H3. The highest BCUT2D eigenvalue weighted by molar-refractivity contribution is 5.44. The van der Waals surface area contributed by atoms with E-state index in [1.807, 2.05) is 24.3 Å². The molecule has 0 spiro atoms. The third kappa shape index (κ3) is 7.21. The molecule has 0 heterocycles. The van der Waals surface area contributed by atoms with E-state index in [9.17, 15) is 0 Å². The number of aryl methyl sites for hydroxylation is 2. The van der Waals surface area contributed by atoms with Crippen LogP contribution in [0, 0.1) is 6.92 Å². The van der Waals surface area contributed by atoms with E-state index in [4.69, 9.17) is 11.5 Å². The molecule has 0 amide bonds. The van der Waals surface area contributed by atoms with Gasteiger partial charge in [-0.2, -0.15) is 0 Å². The van der Waals surface area contributed by atoms with Crippen molar-refractivity contribution in [1.29, 1.82) is 0 Å². The lowest BCUT2D eigenvalue weighted by Gasteiger charge is -2.13. The molecule has 5 rings (SSSR count). The highest BCUT2D eigenvalue weighted by atomic mass is 14.5. The number of nitrogens with two attached hydrogens (primary N) is 2. The van der Waals surface area contributed by atoms with Gasteiger partial charge in [0.05, 0.1) is 0 Å². The van der Waals surface area contributed by atoms with Crippen LogP contribution in [0.2, 0.25) is 0 Å². The van der Waals surface area contributed by atoms with Crippen molar-refractivity contribution in [3.63, 3.8) is 0 Å². The van der Waals surface area contributed by atoms with Gasteiger partial charge in [-0.25, -0.2) is 0 Å². The minimum Gasteiger partial charge on any atom is -0.399 e. The molecular weight excluding hydrogens is 484 g/mol. The van der Waals surface area contributed by atoms with E-state index in [1.165, 1.54) is 55.6 Å². The van der Waals surface area contributed by atoms with Crippen molar-refractivity contribution in [2.45, 2.75) is 52.4 Å². The van der Waals surface area contributed by atoms with Crippen LogP contribution in [0.3, 0.4) is 0 Å². The van der Waals surface area contributed by atoms with E-state index in [0.29, 0.717) is 0 Å². The summed E-state index contributed by atoms with van der Waals surface area (Å²) >= 11 is 0. The van der Waals surface area contributed by atoms with Gasteiger partial charge in [-0.1, -0.05) is 98.3 Å². The summed E-state index contributed by atoms with van der Waals surface area (Å²) in [6.45, 7) is 4.50. The second-order valence-corrected chi connectivity index (χ2v) is 11.1. The summed E-state index contributed by atoms with van der Waals surface area (Å²) < 4.78 is 0. The lowest BCUT2D eigenvalue weighted by molar-refractivity contribution is 0.900. The zero-order valence-corrected chi connectivity index (χ0v) is 23.8. The van der Waals surface area contributed by atoms with Gasteiger partial charge in [-0.15, -0.1) is 0 Å². The fraction of sp³-hybridized carbons (Fsp3) is 0.211. The van der Waals surface area contributed by atoms with Crippen molar-refractivity contribution in [2.24, 2.45) is 0 Å². The van der Waals surface area contributed by atoms with Crippen LogP contribution in [0.5, 0.6) is 0 Å². The molecule has 202 valence electrons. The lowest BCUT2D eigenvalue weighted by Crippen LogP contribution is -2.00. The maximum absolute atomic E-state index is 5.88. The molecule has 0 aromatic heterocycles. The third-order valence-corrected chi connectivity index (χ3v) is 7.79. The molecule has 0 aliphatic carbocycles. The van der Waals surface area contributed by atoms with Crippen molar-refractivity contribution >= 4 is 11.4 Å². The van der Waals surface area contributed by atoms with Gasteiger partial charge in [-0.3, -0.25) is 0 Å². The Morgan fingerprint density at radius 2 is 0.825 bits per heavy atom. The molecule has 0 atom stereocenters. The van der Waals surface area contributed by atoms with Gasteiger partial charge < -0.3 is 11.5 Å². The largest absolute Gasteiger partial charge is 0.399 e. The van der Waals surface area contributed by atoms with Crippen molar-refractivity contribution in [3.8, 4) is 0 Å². The number of anilines is 2. The van der Waals surface area contributed by atoms with Crippen LogP contribution in [-0.4, -0.2) is 0 Å². The summed E-state index contributed by atoms with van der Waals surface area (Å²) in [6, 6.07) is 39.5. The van der Waals surface area contributed by atoms with Gasteiger partial charge in [0.1, 0.15) is 0 Å². The van der Waals surface area contributed by atoms with E-state index in [-0.39, 0.29) is 0 Å². The highest BCUT2D eigenvalue weighted by Gasteiger charge is 2.08. The molecule has 0 saturated carbocycles. The maximum atomic E-state index is 5.88. The van der Waals surface area contributed by atoms with Crippen molar-refractivity contribution < 1.29 is 0 Å². The summed E-state index contributed by atoms with van der Waals surface area (Å²) in [5.74, 6) is 0. The average Bonchev–Trinajstić information content (AvgIpc) is 2.95. The van der Waals surface area contributed by atoms with Gasteiger partial charge in [0.25, 0.3) is 0 Å². The normalized spacial score (nSPS) is 11.1. The average molecular weight is 525 g/mol. The Labute approximate surface area is 239 Å². The second-order valence-electron chi connectivity index (χ2n) is 11.1. The lowest BCUT2D eigenvalue weighted by atomic mass is 9.92. The molecular formula is C38H40N2. The van der Waals surface area contributed by atoms with Gasteiger partial charge in [0.2, 0.25) is 0 Å². The van der Waals surface area contributed by atoms with Crippen LogP contribution in [0.1, 0.15) is 69.0 Å². The maximum Gasteiger partial charge on any atom is 0.0314 e. The zero-order valence-electron chi connectivity index (χ0n) is 23.8. The van der Waals surface area contributed by atoms with Crippen LogP contribution in [0.15, 0.2) is 109 Å². The molecule has 40 heavy (non-hydrogen) atoms. The minimum atomic E-state index is 0.810. The Kier molecular flexibility index (Phi) is 8.66. The number of hydrogen-bond acceptors (Lipinski definition) is 2. The first-order valence-corrected chi connectivity index (χ1v) is 14.4. The van der Waals surface area contributed by atoms with Gasteiger partial charge in [0.15, 0.2) is 0 Å². The summed E-state index contributed by atoms with van der Waals surface area (Å²) in [5, 5.41) is 0. The Morgan fingerprint density at radius 3 is 1.35 bits per heavy atom. The van der Waals surface area contributed by atoms with Crippen LogP contribution < -0.4 is 11.5 Å². The molecule has 2 heteroatoms. The predicted molar refractivity (Wildman–Crippen MR) is 171 cm³/mol. The van der Waals surface area contributed by atoms with Crippen LogP contribution in [-0.2, 0) is 32.1 Å². The fourth-order valence-corrected chi connectivity index (χ4v) is 5.49. The van der Waals surface area contributed by atoms with Crippen molar-refractivity contribution in [3.05, 3.63) is 165 Å². The minimum absolute atomic E-state index is 0.810. The molecule has 2 nitrogen and oxygen atoms in total. The molecule has 0 unspecified atom stereocenters. The van der Waals surface area contributed by atoms with E-state index in [2.05, 4.69) is 98.8 Å². The van der Waals surface area contributed by atoms with Gasteiger partial charge >= 0.3 is 0 Å².